The summed E-state index contributed by atoms with van der Waals surface area (Å²) in [5, 5.41) is 3.44. The first-order valence-corrected chi connectivity index (χ1v) is 10.5. The largest absolute Gasteiger partial charge is 0.466 e. The fourth-order valence-corrected chi connectivity index (χ4v) is 3.85. The Labute approximate surface area is 161 Å². The molecule has 0 amide bonds. The van der Waals surface area contributed by atoms with E-state index in [1.807, 2.05) is 25.7 Å². The van der Waals surface area contributed by atoms with Crippen LogP contribution in [-0.2, 0) is 15.3 Å². The van der Waals surface area contributed by atoms with Gasteiger partial charge in [0, 0.05) is 38.2 Å². The van der Waals surface area contributed by atoms with Gasteiger partial charge in [-0.1, -0.05) is 29.8 Å². The summed E-state index contributed by atoms with van der Waals surface area (Å²) in [4.78, 5) is 18.5. The van der Waals surface area contributed by atoms with Crippen molar-refractivity contribution in [2.45, 2.75) is 32.4 Å². The lowest BCUT2D eigenvalue weighted by molar-refractivity contribution is -0.149. The number of aryl methyl sites for hydroxylation is 1. The van der Waals surface area contributed by atoms with E-state index in [1.165, 1.54) is 11.1 Å². The first-order valence-electron chi connectivity index (χ1n) is 9.39. The molecule has 6 heteroatoms. The number of likely N-dealkylation sites (tertiary alicyclic amines) is 1. The van der Waals surface area contributed by atoms with Gasteiger partial charge in [0.25, 0.3) is 0 Å². The van der Waals surface area contributed by atoms with Crippen LogP contribution >= 0.6 is 11.8 Å². The maximum absolute atomic E-state index is 11.8. The summed E-state index contributed by atoms with van der Waals surface area (Å²) in [7, 11) is 1.82. The molecular formula is C20H31N3O2S. The lowest BCUT2D eigenvalue weighted by atomic mass is 9.97. The number of piperidine rings is 1. The molecule has 26 heavy (non-hydrogen) atoms. The molecule has 2 rings (SSSR count). The van der Waals surface area contributed by atoms with Crippen LogP contribution in [0.5, 0.6) is 0 Å². The van der Waals surface area contributed by atoms with Crippen LogP contribution in [0.25, 0.3) is 0 Å². The van der Waals surface area contributed by atoms with Crippen LogP contribution in [0, 0.1) is 12.8 Å². The number of thioether (sulfide) groups is 1. The van der Waals surface area contributed by atoms with Crippen molar-refractivity contribution in [2.24, 2.45) is 10.9 Å². The number of ether oxygens (including phenoxy) is 1. The highest BCUT2D eigenvalue weighted by Crippen LogP contribution is 2.19. The van der Waals surface area contributed by atoms with Gasteiger partial charge in [-0.2, -0.15) is 11.8 Å². The van der Waals surface area contributed by atoms with Gasteiger partial charge in [-0.3, -0.25) is 9.79 Å². The number of hydrogen-bond donors (Lipinski definition) is 1. The minimum absolute atomic E-state index is 0.0365. The summed E-state index contributed by atoms with van der Waals surface area (Å²) in [6, 6.07) is 8.72. The third-order valence-corrected chi connectivity index (χ3v) is 5.58. The van der Waals surface area contributed by atoms with E-state index in [4.69, 9.17) is 4.74 Å². The zero-order valence-electron chi connectivity index (χ0n) is 16.2. The van der Waals surface area contributed by atoms with Gasteiger partial charge in [-0.15, -0.1) is 0 Å². The maximum atomic E-state index is 11.8. The molecule has 0 spiro atoms. The normalized spacial score (nSPS) is 15.8. The quantitative estimate of drug-likeness (QED) is 0.342. The van der Waals surface area contributed by atoms with E-state index in [0.717, 1.165) is 49.9 Å². The van der Waals surface area contributed by atoms with Crippen molar-refractivity contribution < 1.29 is 9.53 Å². The Hall–Kier alpha value is -1.69. The second-order valence-corrected chi connectivity index (χ2v) is 7.63. The van der Waals surface area contributed by atoms with E-state index in [2.05, 4.69) is 46.4 Å². The van der Waals surface area contributed by atoms with Crippen molar-refractivity contribution in [2.75, 3.05) is 39.0 Å². The Morgan fingerprint density at radius 1 is 1.31 bits per heavy atom. The molecule has 0 unspecified atom stereocenters. The van der Waals surface area contributed by atoms with Gasteiger partial charge in [-0.05, 0) is 32.3 Å². The number of nitrogens with zero attached hydrogens (tertiary/aromatic N) is 2. The Morgan fingerprint density at radius 3 is 2.62 bits per heavy atom. The van der Waals surface area contributed by atoms with E-state index in [9.17, 15) is 4.79 Å². The molecule has 1 aliphatic rings. The van der Waals surface area contributed by atoms with E-state index in [-0.39, 0.29) is 11.9 Å². The summed E-state index contributed by atoms with van der Waals surface area (Å²) >= 11 is 1.92. The molecular weight excluding hydrogens is 346 g/mol. The fraction of sp³-hybridized carbons (Fsp3) is 0.600. The molecule has 1 saturated heterocycles. The topological polar surface area (TPSA) is 53.9 Å². The van der Waals surface area contributed by atoms with Crippen LogP contribution in [0.1, 0.15) is 30.9 Å². The van der Waals surface area contributed by atoms with Crippen molar-refractivity contribution in [3.05, 3.63) is 35.4 Å². The highest BCUT2D eigenvalue weighted by atomic mass is 32.2. The molecule has 1 aliphatic heterocycles. The Bertz CT molecular complexity index is 581. The van der Waals surface area contributed by atoms with Crippen molar-refractivity contribution >= 4 is 23.7 Å². The van der Waals surface area contributed by atoms with Crippen molar-refractivity contribution in [1.82, 2.24) is 10.2 Å². The smallest absolute Gasteiger partial charge is 0.309 e. The average Bonchev–Trinajstić information content (AvgIpc) is 2.66. The van der Waals surface area contributed by atoms with Gasteiger partial charge in [0.15, 0.2) is 5.96 Å². The molecule has 1 heterocycles. The standard InChI is InChI=1S/C20H31N3O2S/c1-4-25-19(24)18-9-12-23(13-10-18)20(21-3)22-11-14-26-15-17-7-5-16(2)6-8-17/h5-8,18H,4,9-15H2,1-3H3,(H,21,22). The second kappa shape index (κ2) is 11.1. The highest BCUT2D eigenvalue weighted by Gasteiger charge is 2.27. The molecule has 0 bridgehead atoms. The monoisotopic (exact) mass is 377 g/mol. The predicted octanol–water partition coefficient (Wildman–Crippen LogP) is 3.08. The lowest BCUT2D eigenvalue weighted by Gasteiger charge is -2.33. The third kappa shape index (κ3) is 6.56. The van der Waals surface area contributed by atoms with Crippen molar-refractivity contribution in [3.8, 4) is 0 Å². The van der Waals surface area contributed by atoms with Gasteiger partial charge < -0.3 is 15.0 Å². The molecule has 1 N–H and O–H groups in total. The summed E-state index contributed by atoms with van der Waals surface area (Å²) < 4.78 is 5.13. The second-order valence-electron chi connectivity index (χ2n) is 6.53. The first kappa shape index (κ1) is 20.6. The third-order valence-electron chi connectivity index (χ3n) is 4.55. The first-order chi connectivity index (χ1) is 12.6. The summed E-state index contributed by atoms with van der Waals surface area (Å²) in [6.07, 6.45) is 1.67. The van der Waals surface area contributed by atoms with Gasteiger partial charge in [-0.25, -0.2) is 0 Å². The van der Waals surface area contributed by atoms with E-state index < -0.39 is 0 Å². The number of hydrogen-bond acceptors (Lipinski definition) is 4. The Kier molecular flexibility index (Phi) is 8.81. The molecule has 1 aromatic rings. The zero-order valence-corrected chi connectivity index (χ0v) is 17.0. The maximum Gasteiger partial charge on any atom is 0.309 e. The molecule has 1 fully saturated rings. The fourth-order valence-electron chi connectivity index (χ4n) is 3.03. The Morgan fingerprint density at radius 2 is 2.00 bits per heavy atom. The molecule has 144 valence electrons. The van der Waals surface area contributed by atoms with E-state index in [0.29, 0.717) is 6.61 Å². The number of aliphatic imine (C=N–C) groups is 1. The van der Waals surface area contributed by atoms with Crippen molar-refractivity contribution in [3.63, 3.8) is 0 Å². The van der Waals surface area contributed by atoms with Crippen LogP contribution in [-0.4, -0.2) is 55.9 Å². The van der Waals surface area contributed by atoms with Crippen molar-refractivity contribution in [1.29, 1.82) is 0 Å². The number of carbonyl (C=O) groups is 1. The molecule has 0 aromatic heterocycles. The van der Waals surface area contributed by atoms with Crippen LogP contribution < -0.4 is 5.32 Å². The zero-order chi connectivity index (χ0) is 18.8. The minimum Gasteiger partial charge on any atom is -0.466 e. The molecule has 0 saturated carbocycles. The van der Waals surface area contributed by atoms with E-state index in [1.54, 1.807) is 0 Å². The van der Waals surface area contributed by atoms with Gasteiger partial charge in [0.2, 0.25) is 0 Å². The van der Waals surface area contributed by atoms with Crippen LogP contribution in [0.15, 0.2) is 29.3 Å². The van der Waals surface area contributed by atoms with Crippen LogP contribution in [0.4, 0.5) is 0 Å². The van der Waals surface area contributed by atoms with E-state index >= 15 is 0 Å². The lowest BCUT2D eigenvalue weighted by Crippen LogP contribution is -2.47. The number of nitrogens with one attached hydrogen (secondary N) is 1. The number of benzene rings is 1. The SMILES string of the molecule is CCOC(=O)C1CCN(C(=NC)NCCSCc2ccc(C)cc2)CC1. The average molecular weight is 378 g/mol. The molecule has 5 nitrogen and oxygen atoms in total. The van der Waals surface area contributed by atoms with Gasteiger partial charge >= 0.3 is 5.97 Å². The Balaban J connectivity index is 1.65. The van der Waals surface area contributed by atoms with Crippen LogP contribution in [0.2, 0.25) is 0 Å². The number of rotatable bonds is 7. The summed E-state index contributed by atoms with van der Waals surface area (Å²) in [6.45, 7) is 7.01. The van der Waals surface area contributed by atoms with Gasteiger partial charge in [0.1, 0.15) is 0 Å². The number of esters is 1. The predicted molar refractivity (Wildman–Crippen MR) is 110 cm³/mol. The molecule has 0 radical (unpaired) electrons. The molecule has 0 atom stereocenters. The number of carbonyl (C=O) groups excluding carboxylic acids is 1. The highest BCUT2D eigenvalue weighted by molar-refractivity contribution is 7.98. The summed E-state index contributed by atoms with van der Waals surface area (Å²) in [5.41, 5.74) is 2.67. The summed E-state index contributed by atoms with van der Waals surface area (Å²) in [5.74, 6) is 2.98. The molecule has 0 aliphatic carbocycles. The van der Waals surface area contributed by atoms with Crippen LogP contribution in [0.3, 0.4) is 0 Å². The minimum atomic E-state index is -0.0531. The number of guanidine groups is 1. The van der Waals surface area contributed by atoms with Gasteiger partial charge in [0.05, 0.1) is 12.5 Å². The molecule has 1 aromatic carbocycles.